The lowest BCUT2D eigenvalue weighted by molar-refractivity contribution is 0.292. The summed E-state index contributed by atoms with van der Waals surface area (Å²) in [7, 11) is 1.76. The van der Waals surface area contributed by atoms with E-state index >= 15 is 0 Å². The number of imidazole rings is 1. The first-order valence-corrected chi connectivity index (χ1v) is 9.16. The number of H-pyrrole nitrogens is 1. The lowest BCUT2D eigenvalue weighted by Crippen LogP contribution is -2.31. The van der Waals surface area contributed by atoms with Gasteiger partial charge in [-0.25, -0.2) is 9.78 Å². The summed E-state index contributed by atoms with van der Waals surface area (Å²) in [6, 6.07) is 7.69. The largest absolute Gasteiger partial charge is 0.486 e. The first-order valence-electron chi connectivity index (χ1n) is 8.08. The fraction of sp³-hybridized carbons (Fsp3) is 0.353. The molecule has 3 rings (SSSR count). The molecule has 0 aliphatic rings. The molecular weight excluding hydrogens is 435 g/mol. The Labute approximate surface area is 157 Å². The van der Waals surface area contributed by atoms with Crippen molar-refractivity contribution in [2.24, 2.45) is 7.05 Å². The van der Waals surface area contributed by atoms with Crippen molar-refractivity contribution in [3.05, 3.63) is 54.5 Å². The van der Waals surface area contributed by atoms with Gasteiger partial charge >= 0.3 is 5.69 Å². The van der Waals surface area contributed by atoms with E-state index in [1.54, 1.807) is 11.6 Å². The standard InChI is InChI=1S/C17H19IN4O3/c1-3-4-8-22-15-14(16(23)20-17(22)24)21(2)13(19-15)10-25-12-7-5-6-11(18)9-12/h5-7,9H,3-4,8,10H2,1-2H3,(H,20,23,24). The van der Waals surface area contributed by atoms with Gasteiger partial charge in [0.05, 0.1) is 0 Å². The van der Waals surface area contributed by atoms with Crippen molar-refractivity contribution in [2.45, 2.75) is 32.9 Å². The number of benzene rings is 1. The molecule has 0 saturated heterocycles. The van der Waals surface area contributed by atoms with Crippen molar-refractivity contribution in [1.29, 1.82) is 0 Å². The number of unbranched alkanes of at least 4 members (excludes halogenated alkanes) is 1. The number of ether oxygens (including phenoxy) is 1. The average Bonchev–Trinajstić information content (AvgIpc) is 2.90. The molecule has 2 aromatic heterocycles. The van der Waals surface area contributed by atoms with E-state index in [0.717, 1.165) is 22.2 Å². The molecule has 0 saturated carbocycles. The molecule has 8 heteroatoms. The third kappa shape index (κ3) is 3.63. The van der Waals surface area contributed by atoms with Gasteiger partial charge in [0, 0.05) is 17.2 Å². The Morgan fingerprint density at radius 1 is 1.32 bits per heavy atom. The van der Waals surface area contributed by atoms with Gasteiger partial charge in [0.2, 0.25) is 0 Å². The van der Waals surface area contributed by atoms with Crippen LogP contribution in [0.4, 0.5) is 0 Å². The van der Waals surface area contributed by atoms with Crippen LogP contribution in [0.1, 0.15) is 25.6 Å². The van der Waals surface area contributed by atoms with Crippen molar-refractivity contribution < 1.29 is 4.74 Å². The van der Waals surface area contributed by atoms with Crippen LogP contribution in [0.15, 0.2) is 33.9 Å². The molecule has 132 valence electrons. The van der Waals surface area contributed by atoms with Gasteiger partial charge in [-0.3, -0.25) is 14.3 Å². The van der Waals surface area contributed by atoms with E-state index in [1.165, 1.54) is 4.57 Å². The predicted molar refractivity (Wildman–Crippen MR) is 104 cm³/mol. The Balaban J connectivity index is 1.99. The van der Waals surface area contributed by atoms with E-state index in [9.17, 15) is 9.59 Å². The predicted octanol–water partition coefficient (Wildman–Crippen LogP) is 2.41. The lowest BCUT2D eigenvalue weighted by atomic mass is 10.3. The van der Waals surface area contributed by atoms with Gasteiger partial charge in [-0.15, -0.1) is 0 Å². The normalized spacial score (nSPS) is 11.2. The average molecular weight is 454 g/mol. The quantitative estimate of drug-likeness (QED) is 0.581. The monoisotopic (exact) mass is 454 g/mol. The van der Waals surface area contributed by atoms with Crippen LogP contribution in [0.25, 0.3) is 11.2 Å². The maximum Gasteiger partial charge on any atom is 0.330 e. The Morgan fingerprint density at radius 2 is 2.12 bits per heavy atom. The van der Waals surface area contributed by atoms with Gasteiger partial charge in [0.15, 0.2) is 11.2 Å². The molecule has 0 spiro atoms. The summed E-state index contributed by atoms with van der Waals surface area (Å²) in [6.45, 7) is 2.79. The van der Waals surface area contributed by atoms with Gasteiger partial charge in [-0.05, 0) is 47.2 Å². The van der Waals surface area contributed by atoms with Crippen molar-refractivity contribution in [3.8, 4) is 5.75 Å². The number of hydrogen-bond donors (Lipinski definition) is 1. The summed E-state index contributed by atoms with van der Waals surface area (Å²) in [5.74, 6) is 1.33. The van der Waals surface area contributed by atoms with E-state index in [0.29, 0.717) is 23.5 Å². The summed E-state index contributed by atoms with van der Waals surface area (Å²) in [5, 5.41) is 0. The Morgan fingerprint density at radius 3 is 2.84 bits per heavy atom. The van der Waals surface area contributed by atoms with E-state index < -0.39 is 11.2 Å². The van der Waals surface area contributed by atoms with Crippen molar-refractivity contribution in [3.63, 3.8) is 0 Å². The number of halogens is 1. The van der Waals surface area contributed by atoms with Gasteiger partial charge in [-0.1, -0.05) is 19.4 Å². The number of nitrogens with zero attached hydrogens (tertiary/aromatic N) is 3. The van der Waals surface area contributed by atoms with E-state index in [4.69, 9.17) is 4.74 Å². The molecule has 0 bridgehead atoms. The molecule has 7 nitrogen and oxygen atoms in total. The molecule has 2 heterocycles. The molecule has 0 atom stereocenters. The maximum atomic E-state index is 12.2. The fourth-order valence-electron chi connectivity index (χ4n) is 2.65. The van der Waals surface area contributed by atoms with E-state index in [1.807, 2.05) is 31.2 Å². The number of nitrogens with one attached hydrogen (secondary N) is 1. The SMILES string of the molecule is CCCCn1c(=O)[nH]c(=O)c2c1nc(COc1cccc(I)c1)n2C. The first-order chi connectivity index (χ1) is 12.0. The number of aryl methyl sites for hydroxylation is 2. The highest BCUT2D eigenvalue weighted by atomic mass is 127. The van der Waals surface area contributed by atoms with Gasteiger partial charge in [-0.2, -0.15) is 0 Å². The maximum absolute atomic E-state index is 12.2. The van der Waals surface area contributed by atoms with Crippen LogP contribution in [0.3, 0.4) is 0 Å². The first kappa shape index (κ1) is 17.7. The van der Waals surface area contributed by atoms with Crippen LogP contribution >= 0.6 is 22.6 Å². The summed E-state index contributed by atoms with van der Waals surface area (Å²) in [5.41, 5.74) is -0.0553. The zero-order chi connectivity index (χ0) is 18.0. The Bertz CT molecular complexity index is 1020. The zero-order valence-electron chi connectivity index (χ0n) is 14.1. The van der Waals surface area contributed by atoms with Crippen LogP contribution in [-0.2, 0) is 20.2 Å². The van der Waals surface area contributed by atoms with E-state index in [2.05, 4.69) is 32.6 Å². The number of rotatable bonds is 6. The lowest BCUT2D eigenvalue weighted by Gasteiger charge is -2.06. The molecular formula is C17H19IN4O3. The molecule has 1 N–H and O–H groups in total. The third-order valence-electron chi connectivity index (χ3n) is 4.00. The molecule has 0 aliphatic heterocycles. The van der Waals surface area contributed by atoms with Crippen molar-refractivity contribution in [1.82, 2.24) is 19.1 Å². The molecule has 0 amide bonds. The minimum Gasteiger partial charge on any atom is -0.486 e. The van der Waals surface area contributed by atoms with E-state index in [-0.39, 0.29) is 6.61 Å². The van der Waals surface area contributed by atoms with Gasteiger partial charge in [0.25, 0.3) is 5.56 Å². The number of aromatic nitrogens is 4. The molecule has 0 aliphatic carbocycles. The minimum absolute atomic E-state index is 0.215. The molecule has 3 aromatic rings. The Kier molecular flexibility index (Phi) is 5.26. The molecule has 0 fully saturated rings. The van der Waals surface area contributed by atoms with Crippen LogP contribution in [0, 0.1) is 3.57 Å². The number of fused-ring (bicyclic) bond motifs is 1. The second-order valence-electron chi connectivity index (χ2n) is 5.77. The summed E-state index contributed by atoms with van der Waals surface area (Å²) in [4.78, 5) is 31.2. The highest BCUT2D eigenvalue weighted by Gasteiger charge is 2.16. The molecule has 0 unspecified atom stereocenters. The zero-order valence-corrected chi connectivity index (χ0v) is 16.2. The smallest absolute Gasteiger partial charge is 0.330 e. The van der Waals surface area contributed by atoms with Crippen LogP contribution in [-0.4, -0.2) is 19.1 Å². The second-order valence-corrected chi connectivity index (χ2v) is 7.02. The minimum atomic E-state index is -0.428. The summed E-state index contributed by atoms with van der Waals surface area (Å²) >= 11 is 2.22. The highest BCUT2D eigenvalue weighted by Crippen LogP contribution is 2.17. The number of hydrogen-bond acceptors (Lipinski definition) is 4. The molecule has 0 radical (unpaired) electrons. The van der Waals surface area contributed by atoms with Crippen LogP contribution < -0.4 is 16.0 Å². The third-order valence-corrected chi connectivity index (χ3v) is 4.68. The topological polar surface area (TPSA) is 81.9 Å². The van der Waals surface area contributed by atoms with Crippen LogP contribution in [0.5, 0.6) is 5.75 Å². The van der Waals surface area contributed by atoms with Gasteiger partial charge < -0.3 is 9.30 Å². The molecule has 25 heavy (non-hydrogen) atoms. The van der Waals surface area contributed by atoms with Crippen LogP contribution in [0.2, 0.25) is 0 Å². The van der Waals surface area contributed by atoms with Crippen molar-refractivity contribution >= 4 is 33.8 Å². The summed E-state index contributed by atoms with van der Waals surface area (Å²) < 4.78 is 10.1. The highest BCUT2D eigenvalue weighted by molar-refractivity contribution is 14.1. The van der Waals surface area contributed by atoms with Crippen molar-refractivity contribution in [2.75, 3.05) is 0 Å². The molecule has 1 aromatic carbocycles. The second kappa shape index (κ2) is 7.42. The summed E-state index contributed by atoms with van der Waals surface area (Å²) in [6.07, 6.45) is 1.79. The van der Waals surface area contributed by atoms with Gasteiger partial charge in [0.1, 0.15) is 18.2 Å². The Hall–Kier alpha value is -2.10. The fourth-order valence-corrected chi connectivity index (χ4v) is 3.16. The number of aromatic amines is 1.